The Balaban J connectivity index is 1.66. The van der Waals surface area contributed by atoms with E-state index in [0.717, 1.165) is 22.4 Å². The summed E-state index contributed by atoms with van der Waals surface area (Å²) in [6.07, 6.45) is 3.88. The van der Waals surface area contributed by atoms with Crippen molar-refractivity contribution in [3.63, 3.8) is 0 Å². The number of Topliss-reactive ketones (excluding diaryl/α,β-unsaturated/α-hetero) is 2. The predicted octanol–water partition coefficient (Wildman–Crippen LogP) is 5.42. The van der Waals surface area contributed by atoms with E-state index in [1.807, 2.05) is 65.6 Å². The molecule has 5 heteroatoms. The van der Waals surface area contributed by atoms with Crippen LogP contribution in [0.4, 0.5) is 5.69 Å². The van der Waals surface area contributed by atoms with E-state index in [-0.39, 0.29) is 11.6 Å². The number of ketones is 2. The van der Waals surface area contributed by atoms with Crippen LogP contribution in [-0.4, -0.2) is 36.7 Å². The number of fused-ring (bicyclic) bond motifs is 5. The highest BCUT2D eigenvalue weighted by Gasteiger charge is 2.71. The zero-order valence-electron chi connectivity index (χ0n) is 20.5. The fourth-order valence-corrected chi connectivity index (χ4v) is 6.47. The van der Waals surface area contributed by atoms with Crippen LogP contribution in [0.2, 0.25) is 0 Å². The summed E-state index contributed by atoms with van der Waals surface area (Å²) in [5.41, 5.74) is 3.04. The van der Waals surface area contributed by atoms with Gasteiger partial charge in [0.25, 0.3) is 0 Å². The first-order valence-corrected chi connectivity index (χ1v) is 12.3. The van der Waals surface area contributed by atoms with Crippen LogP contribution in [0, 0.1) is 5.41 Å². The van der Waals surface area contributed by atoms with Crippen LogP contribution in [0.1, 0.15) is 63.1 Å². The summed E-state index contributed by atoms with van der Waals surface area (Å²) in [4.78, 5) is 44.3. The van der Waals surface area contributed by atoms with Crippen molar-refractivity contribution in [3.05, 3.63) is 107 Å². The first-order chi connectivity index (χ1) is 17.4. The van der Waals surface area contributed by atoms with Crippen molar-refractivity contribution in [1.29, 1.82) is 0 Å². The molecule has 0 aromatic heterocycles. The van der Waals surface area contributed by atoms with Crippen LogP contribution in [0.15, 0.2) is 78.9 Å². The monoisotopic (exact) mass is 477 g/mol. The number of nitrogens with zero attached hydrogens (tertiary/aromatic N) is 1. The van der Waals surface area contributed by atoms with Crippen molar-refractivity contribution in [2.24, 2.45) is 5.41 Å². The Morgan fingerprint density at radius 2 is 1.50 bits per heavy atom. The van der Waals surface area contributed by atoms with Gasteiger partial charge < -0.3 is 9.64 Å². The van der Waals surface area contributed by atoms with Crippen LogP contribution >= 0.6 is 0 Å². The molecule has 0 bridgehead atoms. The molecule has 5 nitrogen and oxygen atoms in total. The molecule has 3 aliphatic rings. The van der Waals surface area contributed by atoms with Gasteiger partial charge in [-0.1, -0.05) is 92.7 Å². The average molecular weight is 478 g/mol. The number of esters is 1. The number of rotatable bonds is 3. The molecule has 2 heterocycles. The van der Waals surface area contributed by atoms with E-state index in [0.29, 0.717) is 17.0 Å². The molecule has 0 saturated carbocycles. The van der Waals surface area contributed by atoms with Crippen molar-refractivity contribution < 1.29 is 19.1 Å². The Morgan fingerprint density at radius 3 is 2.11 bits per heavy atom. The predicted molar refractivity (Wildman–Crippen MR) is 138 cm³/mol. The highest BCUT2D eigenvalue weighted by molar-refractivity contribution is 6.32. The summed E-state index contributed by atoms with van der Waals surface area (Å²) >= 11 is 0. The minimum absolute atomic E-state index is 0.230. The molecular formula is C31H27NO4. The van der Waals surface area contributed by atoms with E-state index >= 15 is 0 Å². The van der Waals surface area contributed by atoms with Gasteiger partial charge in [-0.15, -0.1) is 0 Å². The third-order valence-corrected chi connectivity index (χ3v) is 8.12. The van der Waals surface area contributed by atoms with Crippen LogP contribution in [0.3, 0.4) is 0 Å². The lowest BCUT2D eigenvalue weighted by Crippen LogP contribution is -2.48. The van der Waals surface area contributed by atoms with Gasteiger partial charge >= 0.3 is 5.97 Å². The van der Waals surface area contributed by atoms with E-state index in [4.69, 9.17) is 4.74 Å². The van der Waals surface area contributed by atoms with Crippen LogP contribution < -0.4 is 4.90 Å². The molecule has 3 aromatic carbocycles. The molecule has 6 rings (SSSR count). The van der Waals surface area contributed by atoms with Gasteiger partial charge in [-0.25, -0.2) is 4.79 Å². The summed E-state index contributed by atoms with van der Waals surface area (Å²) in [5, 5.41) is 0. The highest BCUT2D eigenvalue weighted by atomic mass is 16.5. The number of benzene rings is 3. The maximum atomic E-state index is 14.4. The maximum absolute atomic E-state index is 14.4. The third-order valence-electron chi connectivity index (χ3n) is 8.12. The maximum Gasteiger partial charge on any atom is 0.329 e. The second-order valence-corrected chi connectivity index (χ2v) is 10.1. The van der Waals surface area contributed by atoms with Crippen molar-refractivity contribution in [1.82, 2.24) is 0 Å². The summed E-state index contributed by atoms with van der Waals surface area (Å²) in [6.45, 7) is 4.23. The van der Waals surface area contributed by atoms with Gasteiger partial charge in [0.05, 0.1) is 13.2 Å². The number of carbonyl (C=O) groups excluding carboxylic acids is 3. The second-order valence-electron chi connectivity index (χ2n) is 10.1. The van der Waals surface area contributed by atoms with Crippen molar-refractivity contribution >= 4 is 29.3 Å². The van der Waals surface area contributed by atoms with Gasteiger partial charge in [-0.05, 0) is 28.7 Å². The molecular weight excluding hydrogens is 450 g/mol. The molecule has 36 heavy (non-hydrogen) atoms. The number of methoxy groups -OCH3 is 1. The highest BCUT2D eigenvalue weighted by Crippen LogP contribution is 2.60. The van der Waals surface area contributed by atoms with E-state index in [1.165, 1.54) is 7.11 Å². The number of ether oxygens (including phenoxy) is 1. The van der Waals surface area contributed by atoms with Gasteiger partial charge in [-0.3, -0.25) is 9.59 Å². The molecule has 3 aromatic rings. The number of para-hydroxylation sites is 1. The van der Waals surface area contributed by atoms with E-state index in [1.54, 1.807) is 24.3 Å². The lowest BCUT2D eigenvalue weighted by Gasteiger charge is -2.36. The van der Waals surface area contributed by atoms with Crippen LogP contribution in [-0.2, 0) is 9.53 Å². The minimum Gasteiger partial charge on any atom is -0.467 e. The van der Waals surface area contributed by atoms with Crippen molar-refractivity contribution in [3.8, 4) is 0 Å². The van der Waals surface area contributed by atoms with Gasteiger partial charge in [0.1, 0.15) is 11.5 Å². The second kappa shape index (κ2) is 8.02. The van der Waals surface area contributed by atoms with Gasteiger partial charge in [0.2, 0.25) is 0 Å². The fraction of sp³-hybridized carbons (Fsp3) is 0.258. The molecule has 1 saturated heterocycles. The van der Waals surface area contributed by atoms with Crippen LogP contribution in [0.5, 0.6) is 0 Å². The Kier molecular flexibility index (Phi) is 5.01. The zero-order valence-corrected chi connectivity index (χ0v) is 20.5. The molecule has 3 atom stereocenters. The summed E-state index contributed by atoms with van der Waals surface area (Å²) in [6, 6.07) is 21.3. The third kappa shape index (κ3) is 2.80. The van der Waals surface area contributed by atoms with E-state index in [9.17, 15) is 14.4 Å². The summed E-state index contributed by atoms with van der Waals surface area (Å²) in [7, 11) is 1.36. The molecule has 0 unspecified atom stereocenters. The van der Waals surface area contributed by atoms with E-state index < -0.39 is 29.4 Å². The van der Waals surface area contributed by atoms with Crippen LogP contribution in [0.25, 0.3) is 6.08 Å². The Labute approximate surface area is 210 Å². The largest absolute Gasteiger partial charge is 0.467 e. The zero-order chi connectivity index (χ0) is 25.2. The SMILES string of the molecule is COC(=O)[C@H]1[C@@H](c2ccc(C(C)C)cc2)C2(C(=O)c3ccccc3C2=O)[C@H]2C=Cc3ccccc3N12. The molecule has 1 fully saturated rings. The molecule has 0 amide bonds. The molecule has 1 aliphatic carbocycles. The number of hydrogen-bond donors (Lipinski definition) is 0. The topological polar surface area (TPSA) is 63.7 Å². The molecule has 0 radical (unpaired) electrons. The quantitative estimate of drug-likeness (QED) is 0.373. The number of hydrogen-bond acceptors (Lipinski definition) is 5. The molecule has 180 valence electrons. The average Bonchev–Trinajstić information content (AvgIpc) is 3.35. The van der Waals surface area contributed by atoms with Crippen molar-refractivity contribution in [2.75, 3.05) is 12.0 Å². The molecule has 2 aliphatic heterocycles. The molecule has 1 spiro atoms. The normalized spacial score (nSPS) is 23.1. The Hall–Kier alpha value is -3.99. The number of anilines is 1. The summed E-state index contributed by atoms with van der Waals surface area (Å²) < 4.78 is 5.33. The number of carbonyl (C=O) groups is 3. The first-order valence-electron chi connectivity index (χ1n) is 12.3. The lowest BCUT2D eigenvalue weighted by molar-refractivity contribution is -0.142. The lowest BCUT2D eigenvalue weighted by atomic mass is 9.64. The standard InChI is InChI=1S/C31H27NO4/c1-18(2)19-12-14-21(15-13-19)26-27(30(35)36-3)32-24-11-7-4-8-20(24)16-17-25(32)31(26)28(33)22-9-5-6-10-23(22)29(31)34/h4-18,25-27H,1-3H3/t25-,26-,27-/m1/s1. The van der Waals surface area contributed by atoms with E-state index in [2.05, 4.69) is 13.8 Å². The Bertz CT molecular complexity index is 1400. The minimum atomic E-state index is -1.48. The van der Waals surface area contributed by atoms with Crippen molar-refractivity contribution in [2.45, 2.75) is 37.8 Å². The van der Waals surface area contributed by atoms with Gasteiger partial charge in [0, 0.05) is 22.7 Å². The first kappa shape index (κ1) is 22.5. The fourth-order valence-electron chi connectivity index (χ4n) is 6.47. The van der Waals surface area contributed by atoms with Gasteiger partial charge in [0.15, 0.2) is 11.6 Å². The smallest absolute Gasteiger partial charge is 0.329 e. The summed E-state index contributed by atoms with van der Waals surface area (Å²) in [5.74, 6) is -1.32. The Morgan fingerprint density at radius 1 is 0.889 bits per heavy atom. The van der Waals surface area contributed by atoms with Gasteiger partial charge in [-0.2, -0.15) is 0 Å². The molecule has 0 N–H and O–H groups in total.